The molecule has 2 heterocycles. The van der Waals surface area contributed by atoms with Gasteiger partial charge in [-0.15, -0.1) is 0 Å². The summed E-state index contributed by atoms with van der Waals surface area (Å²) in [5, 5.41) is 9.04. The lowest BCUT2D eigenvalue weighted by Gasteiger charge is -2.27. The standard InChI is InChI=1S/C16H23N3O4/c1-16(2,3)23-15(22)19-8-4-7-18(9-10-19)12-5-6-17-13(11-12)14(20)21/h5-6,11H,4,7-10H2,1-3H3,(H,20,21). The number of aromatic carboxylic acids is 1. The van der Waals surface area contributed by atoms with Crippen molar-refractivity contribution >= 4 is 17.7 Å². The van der Waals surface area contributed by atoms with Crippen LogP contribution in [0.2, 0.25) is 0 Å². The van der Waals surface area contributed by atoms with Gasteiger partial charge in [0.2, 0.25) is 0 Å². The molecule has 2 rings (SSSR count). The number of ether oxygens (including phenoxy) is 1. The Labute approximate surface area is 135 Å². The lowest BCUT2D eigenvalue weighted by atomic mass is 10.2. The highest BCUT2D eigenvalue weighted by Crippen LogP contribution is 2.18. The van der Waals surface area contributed by atoms with Gasteiger partial charge in [-0.25, -0.2) is 14.6 Å². The zero-order valence-electron chi connectivity index (χ0n) is 13.8. The van der Waals surface area contributed by atoms with Crippen LogP contribution in [0.15, 0.2) is 18.3 Å². The van der Waals surface area contributed by atoms with Gasteiger partial charge in [-0.2, -0.15) is 0 Å². The number of carboxylic acid groups (broad SMARTS) is 1. The summed E-state index contributed by atoms with van der Waals surface area (Å²) in [5.74, 6) is -1.04. The predicted octanol–water partition coefficient (Wildman–Crippen LogP) is 2.23. The molecule has 0 spiro atoms. The molecule has 0 atom stereocenters. The van der Waals surface area contributed by atoms with E-state index >= 15 is 0 Å². The number of anilines is 1. The van der Waals surface area contributed by atoms with E-state index in [4.69, 9.17) is 9.84 Å². The van der Waals surface area contributed by atoms with Gasteiger partial charge in [-0.1, -0.05) is 0 Å². The topological polar surface area (TPSA) is 83.0 Å². The third-order valence-electron chi connectivity index (χ3n) is 3.48. The smallest absolute Gasteiger partial charge is 0.410 e. The van der Waals surface area contributed by atoms with E-state index in [1.165, 1.54) is 6.20 Å². The molecular formula is C16H23N3O4. The highest BCUT2D eigenvalue weighted by Gasteiger charge is 2.24. The number of carbonyl (C=O) groups is 2. The molecule has 1 aromatic rings. The van der Waals surface area contributed by atoms with Crippen molar-refractivity contribution in [1.82, 2.24) is 9.88 Å². The Kier molecular flexibility index (Phi) is 5.08. The summed E-state index contributed by atoms with van der Waals surface area (Å²) in [6, 6.07) is 3.35. The van der Waals surface area contributed by atoms with Crippen molar-refractivity contribution in [2.24, 2.45) is 0 Å². The average Bonchev–Trinajstić information content (AvgIpc) is 2.71. The lowest BCUT2D eigenvalue weighted by Crippen LogP contribution is -2.39. The quantitative estimate of drug-likeness (QED) is 0.899. The van der Waals surface area contributed by atoms with Crippen molar-refractivity contribution in [3.63, 3.8) is 0 Å². The summed E-state index contributed by atoms with van der Waals surface area (Å²) in [6.07, 6.45) is 1.99. The number of rotatable bonds is 2. The Balaban J connectivity index is 2.02. The van der Waals surface area contributed by atoms with Crippen LogP contribution >= 0.6 is 0 Å². The molecule has 23 heavy (non-hydrogen) atoms. The Morgan fingerprint density at radius 3 is 2.61 bits per heavy atom. The van der Waals surface area contributed by atoms with Crippen LogP contribution in [-0.4, -0.2) is 58.8 Å². The van der Waals surface area contributed by atoms with Gasteiger partial charge in [-0.05, 0) is 39.3 Å². The van der Waals surface area contributed by atoms with Crippen LogP contribution in [0.4, 0.5) is 10.5 Å². The van der Waals surface area contributed by atoms with Crippen LogP contribution in [0.5, 0.6) is 0 Å². The maximum atomic E-state index is 12.2. The van der Waals surface area contributed by atoms with Gasteiger partial charge < -0.3 is 19.6 Å². The van der Waals surface area contributed by atoms with Gasteiger partial charge in [0.25, 0.3) is 0 Å². The summed E-state index contributed by atoms with van der Waals surface area (Å²) in [5.41, 5.74) is 0.323. The molecule has 1 saturated heterocycles. The number of amides is 1. The first kappa shape index (κ1) is 17.1. The molecule has 1 N–H and O–H groups in total. The second kappa shape index (κ2) is 6.85. The van der Waals surface area contributed by atoms with Crippen LogP contribution in [0.1, 0.15) is 37.7 Å². The second-order valence-corrected chi connectivity index (χ2v) is 6.51. The van der Waals surface area contributed by atoms with Crippen molar-refractivity contribution in [1.29, 1.82) is 0 Å². The minimum Gasteiger partial charge on any atom is -0.477 e. The first-order valence-electron chi connectivity index (χ1n) is 7.68. The number of hydrogen-bond donors (Lipinski definition) is 1. The Bertz CT molecular complexity index is 583. The minimum atomic E-state index is -1.04. The number of hydrogen-bond acceptors (Lipinski definition) is 5. The first-order chi connectivity index (χ1) is 10.8. The summed E-state index contributed by atoms with van der Waals surface area (Å²) in [6.45, 7) is 8.09. The van der Waals surface area contributed by atoms with E-state index in [0.29, 0.717) is 19.6 Å². The van der Waals surface area contributed by atoms with E-state index in [1.807, 2.05) is 20.8 Å². The van der Waals surface area contributed by atoms with Gasteiger partial charge in [0.05, 0.1) is 0 Å². The number of carboxylic acids is 1. The Morgan fingerprint density at radius 2 is 1.96 bits per heavy atom. The van der Waals surface area contributed by atoms with E-state index in [0.717, 1.165) is 18.7 Å². The number of carbonyl (C=O) groups excluding carboxylic acids is 1. The highest BCUT2D eigenvalue weighted by molar-refractivity contribution is 5.86. The molecule has 1 aliphatic rings. The summed E-state index contributed by atoms with van der Waals surface area (Å²) < 4.78 is 5.41. The molecule has 1 aromatic heterocycles. The van der Waals surface area contributed by atoms with Crippen LogP contribution in [0, 0.1) is 0 Å². The molecular weight excluding hydrogens is 298 g/mol. The first-order valence-corrected chi connectivity index (χ1v) is 7.68. The van der Waals surface area contributed by atoms with E-state index in [-0.39, 0.29) is 11.8 Å². The van der Waals surface area contributed by atoms with Gasteiger partial charge in [0.1, 0.15) is 11.3 Å². The third-order valence-corrected chi connectivity index (χ3v) is 3.48. The van der Waals surface area contributed by atoms with Crippen molar-refractivity contribution in [2.75, 3.05) is 31.1 Å². The fraction of sp³-hybridized carbons (Fsp3) is 0.562. The maximum Gasteiger partial charge on any atom is 0.410 e. The summed E-state index contributed by atoms with van der Waals surface area (Å²) >= 11 is 0. The fourth-order valence-corrected chi connectivity index (χ4v) is 2.42. The number of aromatic nitrogens is 1. The highest BCUT2D eigenvalue weighted by atomic mass is 16.6. The van der Waals surface area contributed by atoms with Gasteiger partial charge in [0.15, 0.2) is 0 Å². The number of pyridine rings is 1. The number of nitrogens with zero attached hydrogens (tertiary/aromatic N) is 3. The molecule has 1 amide bonds. The predicted molar refractivity (Wildman–Crippen MR) is 85.8 cm³/mol. The van der Waals surface area contributed by atoms with Gasteiger partial charge >= 0.3 is 12.1 Å². The minimum absolute atomic E-state index is 0.0238. The molecule has 0 saturated carbocycles. The van der Waals surface area contributed by atoms with Crippen molar-refractivity contribution < 1.29 is 19.4 Å². The maximum absolute atomic E-state index is 12.2. The van der Waals surface area contributed by atoms with E-state index in [2.05, 4.69) is 9.88 Å². The zero-order chi connectivity index (χ0) is 17.0. The summed E-state index contributed by atoms with van der Waals surface area (Å²) in [4.78, 5) is 30.8. The molecule has 0 aromatic carbocycles. The van der Waals surface area contributed by atoms with Crippen molar-refractivity contribution in [3.05, 3.63) is 24.0 Å². The molecule has 1 fully saturated rings. The van der Waals surface area contributed by atoms with Crippen LogP contribution in [0.25, 0.3) is 0 Å². The average molecular weight is 321 g/mol. The van der Waals surface area contributed by atoms with E-state index in [1.54, 1.807) is 17.0 Å². The molecule has 0 unspecified atom stereocenters. The molecule has 1 aliphatic heterocycles. The Hall–Kier alpha value is -2.31. The van der Waals surface area contributed by atoms with Crippen molar-refractivity contribution in [2.45, 2.75) is 32.8 Å². The fourth-order valence-electron chi connectivity index (χ4n) is 2.42. The third kappa shape index (κ3) is 4.84. The summed E-state index contributed by atoms with van der Waals surface area (Å²) in [7, 11) is 0. The zero-order valence-corrected chi connectivity index (χ0v) is 13.8. The van der Waals surface area contributed by atoms with Crippen molar-refractivity contribution in [3.8, 4) is 0 Å². The van der Waals surface area contributed by atoms with E-state index in [9.17, 15) is 9.59 Å². The van der Waals surface area contributed by atoms with Gasteiger partial charge in [-0.3, -0.25) is 0 Å². The molecule has 0 aliphatic carbocycles. The molecule has 7 heteroatoms. The molecule has 0 radical (unpaired) electrons. The van der Waals surface area contributed by atoms with Crippen LogP contribution in [0.3, 0.4) is 0 Å². The second-order valence-electron chi connectivity index (χ2n) is 6.51. The largest absolute Gasteiger partial charge is 0.477 e. The molecule has 7 nitrogen and oxygen atoms in total. The SMILES string of the molecule is CC(C)(C)OC(=O)N1CCCN(c2ccnc(C(=O)O)c2)CC1. The van der Waals surface area contributed by atoms with Gasteiger partial charge in [0, 0.05) is 38.1 Å². The molecule has 0 bridgehead atoms. The van der Waals surface area contributed by atoms with Crippen LogP contribution in [-0.2, 0) is 4.74 Å². The monoisotopic (exact) mass is 321 g/mol. The Morgan fingerprint density at radius 1 is 1.22 bits per heavy atom. The normalized spacial score (nSPS) is 16.0. The lowest BCUT2D eigenvalue weighted by molar-refractivity contribution is 0.0263. The van der Waals surface area contributed by atoms with Crippen LogP contribution < -0.4 is 4.90 Å². The van der Waals surface area contributed by atoms with E-state index < -0.39 is 11.6 Å². The molecule has 126 valence electrons.